The molecule has 0 aliphatic carbocycles. The minimum absolute atomic E-state index is 0.281. The zero-order valence-corrected chi connectivity index (χ0v) is 12.3. The zero-order valence-electron chi connectivity index (χ0n) is 10.7. The number of anilines is 1. The van der Waals surface area contributed by atoms with Crippen LogP contribution < -0.4 is 10.0 Å². The number of sulfonamides is 1. The quantitative estimate of drug-likeness (QED) is 0.885. The normalized spacial score (nSPS) is 11.5. The summed E-state index contributed by atoms with van der Waals surface area (Å²) in [5, 5.41) is 4.63. The minimum atomic E-state index is -3.53. The van der Waals surface area contributed by atoms with Gasteiger partial charge < -0.3 is 5.32 Å². The highest BCUT2D eigenvalue weighted by Crippen LogP contribution is 2.21. The molecule has 0 amide bonds. The molecular formula is C12H15N3O2S2. The molecule has 0 aliphatic rings. The van der Waals surface area contributed by atoms with E-state index < -0.39 is 10.0 Å². The Kier molecular flexibility index (Phi) is 4.18. The summed E-state index contributed by atoms with van der Waals surface area (Å²) < 4.78 is 26.8. The first-order valence-electron chi connectivity index (χ1n) is 5.69. The third-order valence-corrected chi connectivity index (χ3v) is 4.90. The highest BCUT2D eigenvalue weighted by molar-refractivity contribution is 7.92. The van der Waals surface area contributed by atoms with Crippen LogP contribution in [0.25, 0.3) is 0 Å². The SMILES string of the molecule is CNCc1cc(S(=O)(=O)Nc2ccc(C)nc2)cs1. The van der Waals surface area contributed by atoms with Crippen LogP contribution in [0.1, 0.15) is 10.6 Å². The lowest BCUT2D eigenvalue weighted by Gasteiger charge is -2.05. The molecule has 0 aromatic carbocycles. The van der Waals surface area contributed by atoms with Crippen molar-refractivity contribution in [3.05, 3.63) is 40.3 Å². The largest absolute Gasteiger partial charge is 0.315 e. The average Bonchev–Trinajstić information content (AvgIpc) is 2.82. The second-order valence-electron chi connectivity index (χ2n) is 4.07. The summed E-state index contributed by atoms with van der Waals surface area (Å²) in [5.74, 6) is 0. The fraction of sp³-hybridized carbons (Fsp3) is 0.250. The van der Waals surface area contributed by atoms with E-state index in [1.54, 1.807) is 23.6 Å². The number of thiophene rings is 1. The number of rotatable bonds is 5. The lowest BCUT2D eigenvalue weighted by Crippen LogP contribution is -2.12. The molecule has 0 spiro atoms. The Balaban J connectivity index is 2.19. The molecule has 19 heavy (non-hydrogen) atoms. The topological polar surface area (TPSA) is 71.1 Å². The van der Waals surface area contributed by atoms with E-state index >= 15 is 0 Å². The lowest BCUT2D eigenvalue weighted by molar-refractivity contribution is 0.601. The Morgan fingerprint density at radius 1 is 1.37 bits per heavy atom. The Morgan fingerprint density at radius 2 is 2.16 bits per heavy atom. The van der Waals surface area contributed by atoms with E-state index in [0.29, 0.717) is 12.2 Å². The van der Waals surface area contributed by atoms with Gasteiger partial charge in [0.2, 0.25) is 0 Å². The maximum Gasteiger partial charge on any atom is 0.262 e. The lowest BCUT2D eigenvalue weighted by atomic mass is 10.4. The van der Waals surface area contributed by atoms with E-state index in [9.17, 15) is 8.42 Å². The molecule has 5 nitrogen and oxygen atoms in total. The van der Waals surface area contributed by atoms with Crippen molar-refractivity contribution in [1.82, 2.24) is 10.3 Å². The van der Waals surface area contributed by atoms with Crippen LogP contribution in [-0.4, -0.2) is 20.4 Å². The van der Waals surface area contributed by atoms with Crippen molar-refractivity contribution >= 4 is 27.0 Å². The molecule has 2 rings (SSSR count). The second-order valence-corrected chi connectivity index (χ2v) is 6.75. The van der Waals surface area contributed by atoms with Gasteiger partial charge in [-0.15, -0.1) is 11.3 Å². The second kappa shape index (κ2) is 5.68. The Labute approximate surface area is 116 Å². The van der Waals surface area contributed by atoms with Gasteiger partial charge in [-0.05, 0) is 32.2 Å². The summed E-state index contributed by atoms with van der Waals surface area (Å²) in [6, 6.07) is 5.13. The van der Waals surface area contributed by atoms with E-state index in [4.69, 9.17) is 0 Å². The molecule has 0 atom stereocenters. The first-order valence-corrected chi connectivity index (χ1v) is 8.05. The molecule has 0 saturated heterocycles. The first kappa shape index (κ1) is 14.0. The average molecular weight is 297 g/mol. The summed E-state index contributed by atoms with van der Waals surface area (Å²) in [6.07, 6.45) is 1.51. The van der Waals surface area contributed by atoms with Crippen LogP contribution in [-0.2, 0) is 16.6 Å². The van der Waals surface area contributed by atoms with Gasteiger partial charge in [0.05, 0.1) is 16.8 Å². The number of aromatic nitrogens is 1. The van der Waals surface area contributed by atoms with Crippen LogP contribution in [0.15, 0.2) is 34.7 Å². The summed E-state index contributed by atoms with van der Waals surface area (Å²) in [5.41, 5.74) is 1.31. The van der Waals surface area contributed by atoms with Gasteiger partial charge >= 0.3 is 0 Å². The molecule has 0 aliphatic heterocycles. The van der Waals surface area contributed by atoms with E-state index in [-0.39, 0.29) is 4.90 Å². The number of hydrogen-bond acceptors (Lipinski definition) is 5. The van der Waals surface area contributed by atoms with Gasteiger partial charge in [-0.3, -0.25) is 9.71 Å². The van der Waals surface area contributed by atoms with Crippen molar-refractivity contribution in [1.29, 1.82) is 0 Å². The van der Waals surface area contributed by atoms with E-state index in [2.05, 4.69) is 15.0 Å². The minimum Gasteiger partial charge on any atom is -0.315 e. The highest BCUT2D eigenvalue weighted by atomic mass is 32.2. The molecule has 2 heterocycles. The molecule has 0 saturated carbocycles. The van der Waals surface area contributed by atoms with Gasteiger partial charge in [-0.2, -0.15) is 0 Å². The maximum atomic E-state index is 12.2. The standard InChI is InChI=1S/C12H15N3O2S2/c1-9-3-4-10(6-14-9)15-19(16,17)12-5-11(7-13-2)18-8-12/h3-6,8,13,15H,7H2,1-2H3. The molecule has 2 aromatic heterocycles. The Bertz CT molecular complexity index is 648. The van der Waals surface area contributed by atoms with Gasteiger partial charge in [0.1, 0.15) is 0 Å². The van der Waals surface area contributed by atoms with Crippen LogP contribution >= 0.6 is 11.3 Å². The van der Waals surface area contributed by atoms with Crippen molar-refractivity contribution in [2.45, 2.75) is 18.4 Å². The van der Waals surface area contributed by atoms with Gasteiger partial charge in [0, 0.05) is 22.5 Å². The smallest absolute Gasteiger partial charge is 0.262 e. The number of pyridine rings is 1. The van der Waals surface area contributed by atoms with Crippen LogP contribution in [0.2, 0.25) is 0 Å². The van der Waals surface area contributed by atoms with Crippen molar-refractivity contribution in [3.63, 3.8) is 0 Å². The highest BCUT2D eigenvalue weighted by Gasteiger charge is 2.16. The van der Waals surface area contributed by atoms with Gasteiger partial charge in [-0.25, -0.2) is 8.42 Å². The summed E-state index contributed by atoms with van der Waals surface area (Å²) in [7, 11) is -1.71. The maximum absolute atomic E-state index is 12.2. The Morgan fingerprint density at radius 3 is 2.79 bits per heavy atom. The molecule has 7 heteroatoms. The molecular weight excluding hydrogens is 282 g/mol. The molecule has 0 unspecified atom stereocenters. The predicted octanol–water partition coefficient (Wildman–Crippen LogP) is 1.97. The van der Waals surface area contributed by atoms with Crippen LogP contribution in [0.3, 0.4) is 0 Å². The van der Waals surface area contributed by atoms with E-state index in [1.807, 2.05) is 14.0 Å². The van der Waals surface area contributed by atoms with Crippen LogP contribution in [0.4, 0.5) is 5.69 Å². The predicted molar refractivity (Wildman–Crippen MR) is 76.9 cm³/mol. The van der Waals surface area contributed by atoms with Crippen LogP contribution in [0.5, 0.6) is 0 Å². The van der Waals surface area contributed by atoms with Gasteiger partial charge in [0.15, 0.2) is 0 Å². The molecule has 2 N–H and O–H groups in total. The fourth-order valence-corrected chi connectivity index (χ4v) is 3.84. The van der Waals surface area contributed by atoms with Gasteiger partial charge in [0.25, 0.3) is 10.0 Å². The number of aryl methyl sites for hydroxylation is 1. The zero-order chi connectivity index (χ0) is 13.9. The van der Waals surface area contributed by atoms with Gasteiger partial charge in [-0.1, -0.05) is 0 Å². The molecule has 0 bridgehead atoms. The molecule has 0 radical (unpaired) electrons. The third kappa shape index (κ3) is 3.52. The van der Waals surface area contributed by atoms with E-state index in [0.717, 1.165) is 10.6 Å². The number of nitrogens with zero attached hydrogens (tertiary/aromatic N) is 1. The number of nitrogens with one attached hydrogen (secondary N) is 2. The molecule has 102 valence electrons. The monoisotopic (exact) mass is 297 g/mol. The Hall–Kier alpha value is -1.44. The summed E-state index contributed by atoms with van der Waals surface area (Å²) in [6.45, 7) is 2.51. The summed E-state index contributed by atoms with van der Waals surface area (Å²) >= 11 is 1.42. The third-order valence-electron chi connectivity index (χ3n) is 2.45. The van der Waals surface area contributed by atoms with E-state index in [1.165, 1.54) is 17.5 Å². The van der Waals surface area contributed by atoms with Crippen LogP contribution in [0, 0.1) is 6.92 Å². The number of hydrogen-bond donors (Lipinski definition) is 2. The van der Waals surface area contributed by atoms with Crippen molar-refractivity contribution in [3.8, 4) is 0 Å². The first-order chi connectivity index (χ1) is 9.01. The summed E-state index contributed by atoms with van der Waals surface area (Å²) in [4.78, 5) is 5.31. The van der Waals surface area contributed by atoms with Crippen molar-refractivity contribution in [2.24, 2.45) is 0 Å². The molecule has 0 fully saturated rings. The van der Waals surface area contributed by atoms with Crippen molar-refractivity contribution < 1.29 is 8.42 Å². The molecule has 2 aromatic rings. The van der Waals surface area contributed by atoms with Crippen molar-refractivity contribution in [2.75, 3.05) is 11.8 Å². The fourth-order valence-electron chi connectivity index (χ4n) is 1.51.